The number of benzene rings is 19. The Bertz CT molecular complexity index is 8620. The average molecular weight is 1610 g/mol. The van der Waals surface area contributed by atoms with Crippen LogP contribution in [0.25, 0.3) is 221 Å². The van der Waals surface area contributed by atoms with E-state index in [1.165, 1.54) is 176 Å². The van der Waals surface area contributed by atoms with Gasteiger partial charge in [-0.1, -0.05) is 352 Å². The molecule has 0 bridgehead atoms. The van der Waals surface area contributed by atoms with Crippen LogP contribution in [-0.2, 0) is 0 Å². The molecule has 0 radical (unpaired) electrons. The van der Waals surface area contributed by atoms with E-state index in [1.807, 2.05) is 6.07 Å². The van der Waals surface area contributed by atoms with Gasteiger partial charge in [0.05, 0.1) is 71.9 Å². The molecule has 0 saturated carbocycles. The van der Waals surface area contributed by atoms with Crippen molar-refractivity contribution in [2.24, 2.45) is 0 Å². The van der Waals surface area contributed by atoms with Gasteiger partial charge in [0, 0.05) is 98.6 Å². The Kier molecular flexibility index (Phi) is 17.8. The van der Waals surface area contributed by atoms with E-state index in [0.717, 1.165) is 45.3 Å². The molecule has 126 heavy (non-hydrogen) atoms. The van der Waals surface area contributed by atoms with Crippen molar-refractivity contribution in [2.45, 2.75) is 0 Å². The summed E-state index contributed by atoms with van der Waals surface area (Å²) in [5.74, 6) is 0.911. The SMILES string of the molecule is c1ccc(-c2ccc(-n3c4ccccc4c4c3ccc3c5ccccc5n(-c5ccc(-c6ccccc6)cc5)c34)cc2)cc1.c1ccc(-c2ccc(-n3c4ccccc4c4c3ccc3c5ccccc5n(-c5cccc(-c6ccccc6)n5)c34)cc2)cc1.c1ccc(-c2ccc(-n3c4ccccc4c4c3ccc3c5ccccc5n(-c5ccccc5)c34)cc2)cc1. The van der Waals surface area contributed by atoms with Crippen LogP contribution in [0.3, 0.4) is 0 Å². The van der Waals surface area contributed by atoms with Crippen LogP contribution in [-0.4, -0.2) is 32.4 Å². The van der Waals surface area contributed by atoms with Crippen molar-refractivity contribution in [2.75, 3.05) is 0 Å². The lowest BCUT2D eigenvalue weighted by molar-refractivity contribution is 1.09. The lowest BCUT2D eigenvalue weighted by Crippen LogP contribution is -1.99. The predicted octanol–water partition coefficient (Wildman–Crippen LogP) is 31.4. The molecule has 0 atom stereocenters. The summed E-state index contributed by atoms with van der Waals surface area (Å²) in [6.07, 6.45) is 0. The number of hydrogen-bond donors (Lipinski definition) is 0. The smallest absolute Gasteiger partial charge is 0.138 e. The van der Waals surface area contributed by atoms with Gasteiger partial charge in [-0.15, -0.1) is 0 Å². The first kappa shape index (κ1) is 73.1. The molecule has 0 spiro atoms. The molecule has 19 aromatic carbocycles. The molecular weight excluding hydrogens is 1530 g/mol. The molecule has 590 valence electrons. The van der Waals surface area contributed by atoms with Gasteiger partial charge in [-0.3, -0.25) is 4.57 Å². The summed E-state index contributed by atoms with van der Waals surface area (Å²) in [6.45, 7) is 0. The number of aromatic nitrogens is 7. The molecule has 0 aliphatic rings. The Labute approximate surface area is 727 Å². The van der Waals surface area contributed by atoms with E-state index in [1.54, 1.807) is 0 Å². The van der Waals surface area contributed by atoms with Gasteiger partial charge in [0.1, 0.15) is 5.82 Å². The molecule has 0 saturated heterocycles. The van der Waals surface area contributed by atoms with E-state index < -0.39 is 0 Å². The molecule has 7 aromatic heterocycles. The molecular formula is C119H79N7. The van der Waals surface area contributed by atoms with Crippen LogP contribution in [0, 0.1) is 0 Å². The van der Waals surface area contributed by atoms with Gasteiger partial charge in [0.2, 0.25) is 0 Å². The summed E-state index contributed by atoms with van der Waals surface area (Å²) < 4.78 is 14.5. The first-order valence-electron chi connectivity index (χ1n) is 43.2. The Morgan fingerprint density at radius 1 is 0.127 bits per heavy atom. The molecule has 26 aromatic rings. The monoisotopic (exact) mass is 1610 g/mol. The van der Waals surface area contributed by atoms with Gasteiger partial charge in [0.15, 0.2) is 0 Å². The van der Waals surface area contributed by atoms with E-state index in [2.05, 4.69) is 501 Å². The zero-order valence-electron chi connectivity index (χ0n) is 68.7. The fourth-order valence-electron chi connectivity index (χ4n) is 19.8. The van der Waals surface area contributed by atoms with E-state index in [9.17, 15) is 0 Å². The third-order valence-electron chi connectivity index (χ3n) is 25.4. The van der Waals surface area contributed by atoms with Gasteiger partial charge < -0.3 is 22.8 Å². The minimum absolute atomic E-state index is 0.911. The Morgan fingerprint density at radius 3 is 0.675 bits per heavy atom. The standard InChI is InChI=1S/C42H28N2.C41H27N3.C36H24N2/c1-3-11-29(12-4-1)31-19-23-33(24-20-31)43-39-18-10-8-16-37(39)41-40(43)28-27-36-35-15-7-9-17-38(35)44(42(36)41)34-25-21-32(22-26-34)30-13-5-2-6-14-30;1-3-12-28(13-4-1)29-22-24-31(25-23-29)43-37-20-10-8-17-34(37)40-38(43)27-26-33-32-16-7-9-19-36(32)44(41(33)40)39-21-11-18-35(42-39)30-14-5-2-6-15-30;1-3-11-25(12-4-1)26-19-21-28(22-20-26)37-33-18-10-8-16-31(33)35-34(37)24-23-30-29-15-7-9-17-32(29)38(36(30)35)27-13-5-2-6-14-27/h1-28H;1-27H;1-24H. The summed E-state index contributed by atoms with van der Waals surface area (Å²) in [6, 6.07) is 172. The molecule has 0 amide bonds. The van der Waals surface area contributed by atoms with E-state index in [4.69, 9.17) is 4.98 Å². The molecule has 7 heteroatoms. The van der Waals surface area contributed by atoms with Crippen LogP contribution in [0.1, 0.15) is 0 Å². The van der Waals surface area contributed by atoms with Crippen LogP contribution < -0.4 is 0 Å². The number of pyridine rings is 1. The van der Waals surface area contributed by atoms with Crippen molar-refractivity contribution >= 4 is 131 Å². The molecule has 7 nitrogen and oxygen atoms in total. The minimum atomic E-state index is 0.911. The second-order valence-electron chi connectivity index (χ2n) is 32.4. The summed E-state index contributed by atoms with van der Waals surface area (Å²) in [5, 5.41) is 15.1. The number of fused-ring (bicyclic) bond motifs is 21. The van der Waals surface area contributed by atoms with Crippen LogP contribution in [0.4, 0.5) is 0 Å². The molecule has 7 heterocycles. The van der Waals surface area contributed by atoms with Crippen LogP contribution in [0.2, 0.25) is 0 Å². The van der Waals surface area contributed by atoms with Gasteiger partial charge in [0.25, 0.3) is 0 Å². The average Bonchev–Trinajstić information content (AvgIpc) is 1.55. The van der Waals surface area contributed by atoms with Crippen LogP contribution >= 0.6 is 0 Å². The first-order valence-corrected chi connectivity index (χ1v) is 43.2. The highest BCUT2D eigenvalue weighted by molar-refractivity contribution is 6.29. The van der Waals surface area contributed by atoms with Gasteiger partial charge in [-0.05, 0) is 172 Å². The van der Waals surface area contributed by atoms with Crippen molar-refractivity contribution in [1.29, 1.82) is 0 Å². The summed E-state index contributed by atoms with van der Waals surface area (Å²) in [4.78, 5) is 5.23. The third kappa shape index (κ3) is 12.2. The summed E-state index contributed by atoms with van der Waals surface area (Å²) in [7, 11) is 0. The topological polar surface area (TPSA) is 42.5 Å². The van der Waals surface area contributed by atoms with E-state index in [0.29, 0.717) is 0 Å². The van der Waals surface area contributed by atoms with E-state index in [-0.39, 0.29) is 0 Å². The molecule has 0 unspecified atom stereocenters. The Balaban J connectivity index is 0.000000106. The highest BCUT2D eigenvalue weighted by Gasteiger charge is 2.26. The maximum atomic E-state index is 5.23. The largest absolute Gasteiger partial charge is 0.309 e. The predicted molar refractivity (Wildman–Crippen MR) is 530 cm³/mol. The van der Waals surface area contributed by atoms with E-state index >= 15 is 0 Å². The fraction of sp³-hybridized carbons (Fsp3) is 0. The maximum Gasteiger partial charge on any atom is 0.138 e. The highest BCUT2D eigenvalue weighted by Crippen LogP contribution is 2.47. The third-order valence-corrected chi connectivity index (χ3v) is 25.4. The van der Waals surface area contributed by atoms with Crippen molar-refractivity contribution in [3.8, 4) is 90.0 Å². The highest BCUT2D eigenvalue weighted by atomic mass is 15.1. The van der Waals surface area contributed by atoms with Gasteiger partial charge in [-0.2, -0.15) is 0 Å². The molecule has 0 fully saturated rings. The molecule has 0 aliphatic heterocycles. The molecule has 26 rings (SSSR count). The second-order valence-corrected chi connectivity index (χ2v) is 32.4. The Morgan fingerprint density at radius 2 is 0.357 bits per heavy atom. The van der Waals surface area contributed by atoms with Crippen molar-refractivity contribution in [1.82, 2.24) is 32.4 Å². The first-order chi connectivity index (χ1) is 62.6. The van der Waals surface area contributed by atoms with Crippen molar-refractivity contribution < 1.29 is 0 Å². The minimum Gasteiger partial charge on any atom is -0.309 e. The maximum absolute atomic E-state index is 5.23. The van der Waals surface area contributed by atoms with Crippen molar-refractivity contribution in [3.05, 3.63) is 479 Å². The van der Waals surface area contributed by atoms with Crippen molar-refractivity contribution in [3.63, 3.8) is 0 Å². The normalized spacial score (nSPS) is 11.7. The zero-order valence-corrected chi connectivity index (χ0v) is 68.7. The number of para-hydroxylation sites is 7. The number of hydrogen-bond acceptors (Lipinski definition) is 1. The zero-order chi connectivity index (χ0) is 83.1. The summed E-state index contributed by atoms with van der Waals surface area (Å²) >= 11 is 0. The summed E-state index contributed by atoms with van der Waals surface area (Å²) in [5.41, 5.74) is 32.1. The molecule has 0 aliphatic carbocycles. The quantitative estimate of drug-likeness (QED) is 0.127. The van der Waals surface area contributed by atoms with Crippen LogP contribution in [0.5, 0.6) is 0 Å². The number of nitrogens with zero attached hydrogens (tertiary/aromatic N) is 7. The Hall–Kier alpha value is -16.9. The lowest BCUT2D eigenvalue weighted by Gasteiger charge is -2.11. The molecule has 0 N–H and O–H groups in total. The van der Waals surface area contributed by atoms with Gasteiger partial charge >= 0.3 is 0 Å². The van der Waals surface area contributed by atoms with Crippen LogP contribution in [0.15, 0.2) is 479 Å². The fourth-order valence-corrected chi connectivity index (χ4v) is 19.8. The van der Waals surface area contributed by atoms with Gasteiger partial charge in [-0.25, -0.2) is 4.98 Å². The second kappa shape index (κ2) is 30.7. The number of rotatable bonds is 11. The lowest BCUT2D eigenvalue weighted by atomic mass is 10.1.